The molecule has 0 bridgehead atoms. The van der Waals surface area contributed by atoms with Crippen molar-refractivity contribution in [2.45, 2.75) is 18.9 Å². The molecule has 1 aromatic carbocycles. The Morgan fingerprint density at radius 2 is 1.79 bits per heavy atom. The minimum atomic E-state index is -0.0429. The Bertz CT molecular complexity index is 320. The van der Waals surface area contributed by atoms with E-state index in [2.05, 4.69) is 11.0 Å². The Kier molecular flexibility index (Phi) is 2.81. The standard InChI is InChI=1S/C12H14N2/c13-10-12(14-8-4-5-9-14)11-6-2-1-3-7-11/h1-3,6-7,12H,4-5,8-9H2/i14+1. The molecular formula is C12H14N2. The fourth-order valence-electron chi connectivity index (χ4n) is 2.00. The Labute approximate surface area is 84.8 Å². The van der Waals surface area contributed by atoms with Gasteiger partial charge in [0.25, 0.3) is 0 Å². The highest BCUT2D eigenvalue weighted by molar-refractivity contribution is 5.24. The third kappa shape index (κ3) is 1.78. The molecule has 1 aliphatic rings. The van der Waals surface area contributed by atoms with Crippen LogP contribution < -0.4 is 0 Å². The molecule has 1 saturated heterocycles. The Morgan fingerprint density at radius 3 is 2.36 bits per heavy atom. The van der Waals surface area contributed by atoms with Crippen LogP contribution in [0, 0.1) is 11.3 Å². The topological polar surface area (TPSA) is 27.0 Å². The summed E-state index contributed by atoms with van der Waals surface area (Å²) in [6.07, 6.45) is 2.45. The molecule has 0 aliphatic carbocycles. The minimum absolute atomic E-state index is 0.0429. The Balaban J connectivity index is 2.18. The van der Waals surface area contributed by atoms with E-state index in [-0.39, 0.29) is 6.04 Å². The highest BCUT2D eigenvalue weighted by Crippen LogP contribution is 2.23. The lowest BCUT2D eigenvalue weighted by molar-refractivity contribution is 0.294. The molecule has 1 unspecified atom stereocenters. The highest BCUT2D eigenvalue weighted by Gasteiger charge is 2.22. The molecule has 0 spiro atoms. The van der Waals surface area contributed by atoms with Crippen molar-refractivity contribution in [2.24, 2.45) is 0 Å². The molecule has 14 heavy (non-hydrogen) atoms. The van der Waals surface area contributed by atoms with Gasteiger partial charge in [-0.3, -0.25) is 4.90 Å². The van der Waals surface area contributed by atoms with Gasteiger partial charge in [0.05, 0.1) is 6.07 Å². The van der Waals surface area contributed by atoms with Crippen LogP contribution in [0.25, 0.3) is 0 Å². The quantitative estimate of drug-likeness (QED) is 0.664. The summed E-state index contributed by atoms with van der Waals surface area (Å²) in [5.74, 6) is 0. The lowest BCUT2D eigenvalue weighted by Crippen LogP contribution is -2.24. The zero-order valence-corrected chi connectivity index (χ0v) is 8.19. The number of benzene rings is 1. The molecule has 0 amide bonds. The monoisotopic (exact) mass is 187 g/mol. The van der Waals surface area contributed by atoms with E-state index < -0.39 is 0 Å². The average molecular weight is 187 g/mol. The summed E-state index contributed by atoms with van der Waals surface area (Å²) in [5.41, 5.74) is 1.12. The Hall–Kier alpha value is -1.33. The summed E-state index contributed by atoms with van der Waals surface area (Å²) in [5, 5.41) is 9.15. The third-order valence-electron chi connectivity index (χ3n) is 2.74. The molecule has 1 atom stereocenters. The fourth-order valence-corrected chi connectivity index (χ4v) is 2.00. The second-order valence-electron chi connectivity index (χ2n) is 3.69. The van der Waals surface area contributed by atoms with Crippen molar-refractivity contribution < 1.29 is 0 Å². The largest absolute Gasteiger partial charge is 0.284 e. The molecule has 0 N–H and O–H groups in total. The summed E-state index contributed by atoms with van der Waals surface area (Å²) in [6, 6.07) is 12.4. The summed E-state index contributed by atoms with van der Waals surface area (Å²) in [6.45, 7) is 2.13. The molecule has 72 valence electrons. The van der Waals surface area contributed by atoms with Crippen molar-refractivity contribution in [3.63, 3.8) is 0 Å². The van der Waals surface area contributed by atoms with E-state index in [0.29, 0.717) is 0 Å². The number of hydrogen-bond acceptors (Lipinski definition) is 2. The number of rotatable bonds is 2. The van der Waals surface area contributed by atoms with Crippen molar-refractivity contribution in [3.8, 4) is 6.07 Å². The maximum Gasteiger partial charge on any atom is 0.123 e. The molecule has 2 heteroatoms. The van der Waals surface area contributed by atoms with Crippen LogP contribution in [0.15, 0.2) is 30.3 Å². The van der Waals surface area contributed by atoms with Gasteiger partial charge in [-0.15, -0.1) is 0 Å². The molecule has 0 saturated carbocycles. The van der Waals surface area contributed by atoms with Gasteiger partial charge in [0.1, 0.15) is 6.04 Å². The van der Waals surface area contributed by atoms with E-state index in [9.17, 15) is 0 Å². The number of hydrogen-bond donors (Lipinski definition) is 0. The van der Waals surface area contributed by atoms with Crippen LogP contribution in [0.4, 0.5) is 0 Å². The van der Waals surface area contributed by atoms with Gasteiger partial charge < -0.3 is 0 Å². The first kappa shape index (κ1) is 9.23. The predicted molar refractivity (Wildman–Crippen MR) is 55.6 cm³/mol. The van der Waals surface area contributed by atoms with Crippen molar-refractivity contribution in [1.29, 1.82) is 5.26 Å². The van der Waals surface area contributed by atoms with Crippen LogP contribution in [0.2, 0.25) is 0 Å². The van der Waals surface area contributed by atoms with Gasteiger partial charge in [-0.25, -0.2) is 0 Å². The predicted octanol–water partition coefficient (Wildman–Crippen LogP) is 2.35. The molecule has 2 nitrogen and oxygen atoms in total. The summed E-state index contributed by atoms with van der Waals surface area (Å²) in [7, 11) is 0. The molecule has 2 rings (SSSR count). The number of nitriles is 1. The smallest absolute Gasteiger partial charge is 0.123 e. The summed E-state index contributed by atoms with van der Waals surface area (Å²) < 4.78 is 0. The normalized spacial score (nSPS) is 19.1. The van der Waals surface area contributed by atoms with Crippen molar-refractivity contribution in [2.75, 3.05) is 13.1 Å². The van der Waals surface area contributed by atoms with Gasteiger partial charge in [0.15, 0.2) is 0 Å². The van der Waals surface area contributed by atoms with Crippen molar-refractivity contribution in [3.05, 3.63) is 35.9 Å². The van der Waals surface area contributed by atoms with E-state index >= 15 is 0 Å². The van der Waals surface area contributed by atoms with E-state index in [1.807, 2.05) is 30.3 Å². The molecular weight excluding hydrogens is 173 g/mol. The first-order valence-corrected chi connectivity index (χ1v) is 5.10. The second kappa shape index (κ2) is 4.26. The van der Waals surface area contributed by atoms with Gasteiger partial charge in [-0.2, -0.15) is 5.26 Å². The minimum Gasteiger partial charge on any atom is -0.284 e. The fraction of sp³-hybridized carbons (Fsp3) is 0.417. The molecule has 0 radical (unpaired) electrons. The first-order chi connectivity index (χ1) is 6.92. The van der Waals surface area contributed by atoms with Gasteiger partial charge in [0.2, 0.25) is 0 Å². The van der Waals surface area contributed by atoms with E-state index in [0.717, 1.165) is 18.7 Å². The van der Waals surface area contributed by atoms with Crippen LogP contribution in [-0.2, 0) is 0 Å². The lowest BCUT2D eigenvalue weighted by Gasteiger charge is -2.21. The summed E-state index contributed by atoms with van der Waals surface area (Å²) in [4.78, 5) is 2.26. The van der Waals surface area contributed by atoms with Crippen molar-refractivity contribution in [1.82, 2.24) is 4.90 Å². The summed E-state index contributed by atoms with van der Waals surface area (Å²) >= 11 is 0. The molecule has 0 aromatic heterocycles. The van der Waals surface area contributed by atoms with Crippen LogP contribution in [0.5, 0.6) is 0 Å². The van der Waals surface area contributed by atoms with E-state index in [1.165, 1.54) is 12.8 Å². The van der Waals surface area contributed by atoms with E-state index in [1.54, 1.807) is 0 Å². The van der Waals surface area contributed by atoms with Crippen LogP contribution >= 0.6 is 0 Å². The highest BCUT2D eigenvalue weighted by atomic mass is 15.9. The molecule has 1 fully saturated rings. The molecule has 1 heterocycles. The number of likely N-dealkylation sites (tertiary alicyclic amines) is 1. The van der Waals surface area contributed by atoms with E-state index in [4.69, 9.17) is 5.26 Å². The van der Waals surface area contributed by atoms with Gasteiger partial charge in [-0.05, 0) is 31.5 Å². The average Bonchev–Trinajstić information content (AvgIpc) is 2.74. The molecule has 1 aliphatic heterocycles. The maximum atomic E-state index is 9.15. The van der Waals surface area contributed by atoms with Gasteiger partial charge in [-0.1, -0.05) is 30.3 Å². The van der Waals surface area contributed by atoms with Gasteiger partial charge >= 0.3 is 0 Å². The van der Waals surface area contributed by atoms with Crippen molar-refractivity contribution >= 4 is 0 Å². The third-order valence-corrected chi connectivity index (χ3v) is 2.74. The SMILES string of the molecule is N#CC(c1ccccc1)[15N]1CCCC1. The second-order valence-corrected chi connectivity index (χ2v) is 3.69. The maximum absolute atomic E-state index is 9.15. The Morgan fingerprint density at radius 1 is 1.14 bits per heavy atom. The van der Waals surface area contributed by atoms with Gasteiger partial charge in [0, 0.05) is 0 Å². The van der Waals surface area contributed by atoms with Crippen LogP contribution in [0.1, 0.15) is 24.4 Å². The van der Waals surface area contributed by atoms with Crippen LogP contribution in [-0.4, -0.2) is 18.0 Å². The molecule has 1 aromatic rings. The zero-order valence-electron chi connectivity index (χ0n) is 8.19. The first-order valence-electron chi connectivity index (χ1n) is 5.10. The number of nitrogens with zero attached hydrogens (tertiary/aromatic N) is 2. The lowest BCUT2D eigenvalue weighted by atomic mass is 10.1. The van der Waals surface area contributed by atoms with Crippen LogP contribution in [0.3, 0.4) is 0 Å². The zero-order chi connectivity index (χ0) is 9.80.